The molecule has 0 aliphatic rings. The normalized spacial score (nSPS) is 13.3. The molecule has 7 heteroatoms. The summed E-state index contributed by atoms with van der Waals surface area (Å²) in [6, 6.07) is 0. The Morgan fingerprint density at radius 2 is 1.42 bits per heavy atom. The van der Waals surface area contributed by atoms with Gasteiger partial charge in [-0.3, -0.25) is 0 Å². The zero-order valence-electron chi connectivity index (χ0n) is 16.7. The van der Waals surface area contributed by atoms with Gasteiger partial charge in [-0.15, -0.1) is 0 Å². The maximum atomic E-state index is 8.73. The van der Waals surface area contributed by atoms with Gasteiger partial charge in [0.1, 0.15) is 0 Å². The van der Waals surface area contributed by atoms with Gasteiger partial charge < -0.3 is 39.3 Å². The number of oxime groups is 1. The number of rotatable bonds is 8. The van der Waals surface area contributed by atoms with Crippen LogP contribution in [0, 0.1) is 12.3 Å². The minimum atomic E-state index is -0.438. The maximum absolute atomic E-state index is 8.73. The van der Waals surface area contributed by atoms with Gasteiger partial charge in [0, 0.05) is 32.7 Å². The number of hydrogen-bond donors (Lipinski definition) is 4. The molecule has 0 saturated carbocycles. The molecule has 0 atom stereocenters. The topological polar surface area (TPSA) is 89.2 Å². The molecule has 0 aliphatic heterocycles. The van der Waals surface area contributed by atoms with Crippen LogP contribution >= 0.6 is 0 Å². The van der Waals surface area contributed by atoms with E-state index in [0.29, 0.717) is 5.71 Å². The molecular weight excluding hydrogens is 381 g/mol. The SMILES string of the molecule is C/C(=N\O)C(C)(C)NCCCNC(C)(C)[C-]=NO.[CH2-]C(C)(C)C.[Y]. The van der Waals surface area contributed by atoms with E-state index in [2.05, 4.69) is 54.9 Å². The molecule has 1 radical (unpaired) electrons. The van der Waals surface area contributed by atoms with Gasteiger partial charge in [-0.05, 0) is 40.3 Å². The fourth-order valence-corrected chi connectivity index (χ4v) is 1.31. The van der Waals surface area contributed by atoms with Crippen molar-refractivity contribution < 1.29 is 43.1 Å². The third-order valence-electron chi connectivity index (χ3n) is 2.87. The summed E-state index contributed by atoms with van der Waals surface area (Å²) in [5.41, 5.74) is 0.145. The van der Waals surface area contributed by atoms with Crippen LogP contribution < -0.4 is 10.6 Å². The van der Waals surface area contributed by atoms with Crippen LogP contribution in [0.2, 0.25) is 0 Å². The molecule has 0 bridgehead atoms. The molecule has 0 aliphatic carbocycles. The van der Waals surface area contributed by atoms with Crippen LogP contribution in [0.25, 0.3) is 0 Å². The molecular formula is C17H36N4O2Y-2. The van der Waals surface area contributed by atoms with Crippen molar-refractivity contribution in [3.05, 3.63) is 6.92 Å². The van der Waals surface area contributed by atoms with E-state index in [1.165, 1.54) is 0 Å². The molecule has 0 spiro atoms. The molecule has 0 unspecified atom stereocenters. The standard InChI is InChI=1S/C12H25N4O2.C5H11.Y/c1-10(16-18)12(4,5)14-8-6-7-13-11(2,3)9-15-17;1-5(2,3)4;/h13-14,17-18H,6-8H2,1-5H3;1H2,2-4H3;/q2*-1;/b16-10+;;. The van der Waals surface area contributed by atoms with Crippen molar-refractivity contribution in [2.45, 2.75) is 72.9 Å². The molecule has 0 aromatic rings. The van der Waals surface area contributed by atoms with Crippen molar-refractivity contribution in [3.63, 3.8) is 0 Å². The van der Waals surface area contributed by atoms with Crippen LogP contribution in [-0.4, -0.2) is 46.5 Å². The molecule has 0 saturated heterocycles. The second-order valence-corrected chi connectivity index (χ2v) is 7.91. The van der Waals surface area contributed by atoms with E-state index >= 15 is 0 Å². The Labute approximate surface area is 173 Å². The predicted octanol–water partition coefficient (Wildman–Crippen LogP) is 3.16. The van der Waals surface area contributed by atoms with E-state index in [4.69, 9.17) is 10.4 Å². The van der Waals surface area contributed by atoms with Gasteiger partial charge in [0.2, 0.25) is 0 Å². The molecule has 141 valence electrons. The van der Waals surface area contributed by atoms with Crippen LogP contribution in [0.4, 0.5) is 0 Å². The van der Waals surface area contributed by atoms with Crippen molar-refractivity contribution in [3.8, 4) is 0 Å². The van der Waals surface area contributed by atoms with Gasteiger partial charge in [-0.2, -0.15) is 5.41 Å². The van der Waals surface area contributed by atoms with Gasteiger partial charge in [-0.1, -0.05) is 45.3 Å². The molecule has 0 amide bonds. The van der Waals surface area contributed by atoms with E-state index in [1.807, 2.05) is 27.7 Å². The smallest absolute Gasteiger partial charge is 0.0734 e. The Balaban J connectivity index is -0.000000639. The van der Waals surface area contributed by atoms with Crippen molar-refractivity contribution in [1.82, 2.24) is 10.6 Å². The second-order valence-electron chi connectivity index (χ2n) is 7.91. The van der Waals surface area contributed by atoms with Gasteiger partial charge >= 0.3 is 0 Å². The quantitative estimate of drug-likeness (QED) is 0.161. The number of nitrogens with zero attached hydrogens (tertiary/aromatic N) is 2. The van der Waals surface area contributed by atoms with Gasteiger partial charge in [0.25, 0.3) is 0 Å². The molecule has 4 N–H and O–H groups in total. The first kappa shape index (κ1) is 28.8. The fraction of sp³-hybridized carbons (Fsp3) is 0.824. The Kier molecular flexibility index (Phi) is 15.8. The number of nitrogens with one attached hydrogen (secondary N) is 2. The molecule has 0 aromatic carbocycles. The van der Waals surface area contributed by atoms with Crippen LogP contribution in [0.15, 0.2) is 10.3 Å². The Hall–Kier alpha value is -0.0361. The van der Waals surface area contributed by atoms with E-state index in [9.17, 15) is 0 Å². The third-order valence-corrected chi connectivity index (χ3v) is 2.87. The largest absolute Gasteiger partial charge is 0.447 e. The summed E-state index contributed by atoms with van der Waals surface area (Å²) in [5.74, 6) is 0. The predicted molar refractivity (Wildman–Crippen MR) is 97.7 cm³/mol. The van der Waals surface area contributed by atoms with Crippen LogP contribution in [-0.2, 0) is 32.7 Å². The van der Waals surface area contributed by atoms with Gasteiger partial charge in [0.05, 0.1) is 11.3 Å². The maximum Gasteiger partial charge on any atom is 0.0734 e. The van der Waals surface area contributed by atoms with Crippen molar-refractivity contribution in [1.29, 1.82) is 0 Å². The molecule has 0 rings (SSSR count). The minimum absolute atomic E-state index is 0. The Morgan fingerprint density at radius 1 is 1.00 bits per heavy atom. The first-order valence-corrected chi connectivity index (χ1v) is 7.91. The summed E-state index contributed by atoms with van der Waals surface area (Å²) in [4.78, 5) is 0. The summed E-state index contributed by atoms with van der Waals surface area (Å²) in [5, 5.41) is 29.8. The molecule has 0 aromatic heterocycles. The molecule has 0 fully saturated rings. The summed E-state index contributed by atoms with van der Waals surface area (Å²) >= 11 is 0. The van der Waals surface area contributed by atoms with Crippen LogP contribution in [0.1, 0.15) is 61.8 Å². The first-order chi connectivity index (χ1) is 10.2. The monoisotopic (exact) mass is 417 g/mol. The summed E-state index contributed by atoms with van der Waals surface area (Å²) < 4.78 is 0. The molecule has 0 heterocycles. The Morgan fingerprint density at radius 3 is 1.79 bits per heavy atom. The second kappa shape index (κ2) is 13.2. The van der Waals surface area contributed by atoms with Crippen molar-refractivity contribution >= 4 is 11.9 Å². The van der Waals surface area contributed by atoms with E-state index in [0.717, 1.165) is 19.5 Å². The zero-order chi connectivity index (χ0) is 18.7. The summed E-state index contributed by atoms with van der Waals surface area (Å²) in [6.45, 7) is 21.0. The average Bonchev–Trinajstić information content (AvgIpc) is 2.34. The van der Waals surface area contributed by atoms with Gasteiger partial charge in [0.15, 0.2) is 0 Å². The Bertz CT molecular complexity index is 369. The van der Waals surface area contributed by atoms with Crippen LogP contribution in [0.5, 0.6) is 0 Å². The number of hydrogen-bond acceptors (Lipinski definition) is 6. The summed E-state index contributed by atoms with van der Waals surface area (Å²) in [7, 11) is 0. The van der Waals surface area contributed by atoms with E-state index < -0.39 is 5.54 Å². The fourth-order valence-electron chi connectivity index (χ4n) is 1.31. The third kappa shape index (κ3) is 20.0. The van der Waals surface area contributed by atoms with E-state index in [-0.39, 0.29) is 43.7 Å². The van der Waals surface area contributed by atoms with Crippen molar-refractivity contribution in [2.75, 3.05) is 13.1 Å². The summed E-state index contributed by atoms with van der Waals surface area (Å²) in [6.07, 6.45) is 3.45. The zero-order valence-corrected chi connectivity index (χ0v) is 19.5. The average molecular weight is 417 g/mol. The van der Waals surface area contributed by atoms with Crippen molar-refractivity contribution in [2.24, 2.45) is 15.7 Å². The van der Waals surface area contributed by atoms with Gasteiger partial charge in [-0.25, -0.2) is 0 Å². The minimum Gasteiger partial charge on any atom is -0.447 e. The molecule has 24 heavy (non-hydrogen) atoms. The molecule has 6 nitrogen and oxygen atoms in total. The first-order valence-electron chi connectivity index (χ1n) is 7.91. The van der Waals surface area contributed by atoms with E-state index in [1.54, 1.807) is 6.92 Å². The van der Waals surface area contributed by atoms with Crippen LogP contribution in [0.3, 0.4) is 0 Å².